The van der Waals surface area contributed by atoms with Gasteiger partial charge in [-0.3, -0.25) is 0 Å². The predicted molar refractivity (Wildman–Crippen MR) is 67.3 cm³/mol. The molecular weight excluding hydrogens is 273 g/mol. The summed E-state index contributed by atoms with van der Waals surface area (Å²) in [6.45, 7) is 0.229. The molecule has 0 saturated carbocycles. The number of hydroxylamine groups is 1. The number of alkyl halides is 3. The number of nitrogens with zero attached hydrogens (tertiary/aromatic N) is 1. The maximum absolute atomic E-state index is 12.5. The Bertz CT molecular complexity index is 487. The standard InChI is InChI=1S/C13H15F3N2O2/c14-13(15,16)8-18-11-3-1-2-10(12(11)17-20-18)9-4-6-19-7-5-9/h1-3,9,17H,4-8H2. The predicted octanol–water partition coefficient (Wildman–Crippen LogP) is 3.22. The van der Waals surface area contributed by atoms with E-state index in [-0.39, 0.29) is 0 Å². The normalized spacial score (nSPS) is 19.9. The first-order chi connectivity index (χ1) is 9.54. The zero-order valence-electron chi connectivity index (χ0n) is 10.7. The second kappa shape index (κ2) is 5.14. The highest BCUT2D eigenvalue weighted by Crippen LogP contribution is 2.42. The van der Waals surface area contributed by atoms with Gasteiger partial charge in [-0.2, -0.15) is 18.1 Å². The summed E-state index contributed by atoms with van der Waals surface area (Å²) < 4.78 is 42.8. The van der Waals surface area contributed by atoms with Crippen LogP contribution in [-0.4, -0.2) is 25.9 Å². The van der Waals surface area contributed by atoms with Crippen LogP contribution in [0.15, 0.2) is 18.2 Å². The minimum Gasteiger partial charge on any atom is -0.381 e. The Kier molecular flexibility index (Phi) is 3.47. The number of ether oxygens (including phenoxy) is 1. The quantitative estimate of drug-likeness (QED) is 0.906. The largest absolute Gasteiger partial charge is 0.408 e. The fourth-order valence-corrected chi connectivity index (χ4v) is 2.66. The van der Waals surface area contributed by atoms with E-state index < -0.39 is 12.7 Å². The van der Waals surface area contributed by atoms with Gasteiger partial charge < -0.3 is 4.74 Å². The van der Waals surface area contributed by atoms with Crippen LogP contribution in [0.1, 0.15) is 24.3 Å². The summed E-state index contributed by atoms with van der Waals surface area (Å²) in [4.78, 5) is 4.96. The topological polar surface area (TPSA) is 33.7 Å². The van der Waals surface area contributed by atoms with Crippen LogP contribution < -0.4 is 10.5 Å². The van der Waals surface area contributed by atoms with Crippen molar-refractivity contribution in [3.05, 3.63) is 23.8 Å². The minimum absolute atomic E-state index is 0.292. The molecule has 1 fully saturated rings. The van der Waals surface area contributed by atoms with Gasteiger partial charge in [0, 0.05) is 13.2 Å². The maximum Gasteiger partial charge on any atom is 0.408 e. The fourth-order valence-electron chi connectivity index (χ4n) is 2.66. The van der Waals surface area contributed by atoms with E-state index in [1.54, 1.807) is 12.1 Å². The highest BCUT2D eigenvalue weighted by molar-refractivity contribution is 5.75. The maximum atomic E-state index is 12.5. The van der Waals surface area contributed by atoms with Crippen molar-refractivity contribution in [2.45, 2.75) is 24.9 Å². The van der Waals surface area contributed by atoms with Gasteiger partial charge in [-0.25, -0.2) is 10.5 Å². The van der Waals surface area contributed by atoms with Crippen LogP contribution in [0.2, 0.25) is 0 Å². The van der Waals surface area contributed by atoms with Gasteiger partial charge in [0.25, 0.3) is 0 Å². The number of para-hydroxylation sites is 1. The third-order valence-corrected chi connectivity index (χ3v) is 3.59. The number of anilines is 2. The van der Waals surface area contributed by atoms with Gasteiger partial charge >= 0.3 is 6.18 Å². The zero-order valence-corrected chi connectivity index (χ0v) is 10.7. The van der Waals surface area contributed by atoms with Crippen LogP contribution in [0.4, 0.5) is 24.5 Å². The van der Waals surface area contributed by atoms with E-state index in [9.17, 15) is 13.2 Å². The summed E-state index contributed by atoms with van der Waals surface area (Å²) in [5.74, 6) is 0.292. The third kappa shape index (κ3) is 2.69. The van der Waals surface area contributed by atoms with Crippen molar-refractivity contribution in [3.63, 3.8) is 0 Å². The van der Waals surface area contributed by atoms with Gasteiger partial charge in [0.2, 0.25) is 0 Å². The van der Waals surface area contributed by atoms with Crippen molar-refractivity contribution in [2.75, 3.05) is 30.3 Å². The van der Waals surface area contributed by atoms with Crippen molar-refractivity contribution >= 4 is 11.4 Å². The first kappa shape index (κ1) is 13.5. The van der Waals surface area contributed by atoms with E-state index in [1.165, 1.54) is 0 Å². The minimum atomic E-state index is -4.31. The van der Waals surface area contributed by atoms with Crippen LogP contribution in [0.5, 0.6) is 0 Å². The Morgan fingerprint density at radius 1 is 1.25 bits per heavy atom. The van der Waals surface area contributed by atoms with Gasteiger partial charge in [0.15, 0.2) is 0 Å². The first-order valence-corrected chi connectivity index (χ1v) is 6.52. The summed E-state index contributed by atoms with van der Waals surface area (Å²) in [6, 6.07) is 5.33. The zero-order chi connectivity index (χ0) is 14.2. The lowest BCUT2D eigenvalue weighted by atomic mass is 9.90. The molecule has 3 rings (SSSR count). The Hall–Kier alpha value is -1.47. The van der Waals surface area contributed by atoms with E-state index >= 15 is 0 Å². The molecule has 4 nitrogen and oxygen atoms in total. The van der Waals surface area contributed by atoms with Crippen molar-refractivity contribution in [1.29, 1.82) is 0 Å². The number of hydrogen-bond acceptors (Lipinski definition) is 4. The lowest BCUT2D eigenvalue weighted by Crippen LogP contribution is -2.32. The molecule has 0 bridgehead atoms. The molecule has 1 saturated heterocycles. The average Bonchev–Trinajstić information content (AvgIpc) is 2.81. The number of fused-ring (bicyclic) bond motifs is 1. The molecule has 0 atom stereocenters. The van der Waals surface area contributed by atoms with E-state index in [0.717, 1.165) is 23.5 Å². The number of halogens is 3. The van der Waals surface area contributed by atoms with Gasteiger partial charge in [0.1, 0.15) is 6.54 Å². The van der Waals surface area contributed by atoms with E-state index in [0.29, 0.717) is 30.5 Å². The molecule has 0 unspecified atom stereocenters. The number of benzene rings is 1. The number of rotatable bonds is 2. The molecular formula is C13H15F3N2O2. The van der Waals surface area contributed by atoms with Crippen LogP contribution in [0.25, 0.3) is 0 Å². The van der Waals surface area contributed by atoms with Crippen LogP contribution in [-0.2, 0) is 9.68 Å². The molecule has 20 heavy (non-hydrogen) atoms. The molecule has 110 valence electrons. The Morgan fingerprint density at radius 2 is 2.00 bits per heavy atom. The van der Waals surface area contributed by atoms with E-state index in [1.807, 2.05) is 6.07 Å². The fraction of sp³-hybridized carbons (Fsp3) is 0.538. The molecule has 0 spiro atoms. The monoisotopic (exact) mass is 288 g/mol. The third-order valence-electron chi connectivity index (χ3n) is 3.59. The molecule has 0 aromatic heterocycles. The Balaban J connectivity index is 1.85. The smallest absolute Gasteiger partial charge is 0.381 e. The highest BCUT2D eigenvalue weighted by atomic mass is 19.4. The number of hydrogen-bond donors (Lipinski definition) is 1. The Labute approximate surface area is 114 Å². The van der Waals surface area contributed by atoms with Crippen molar-refractivity contribution in [3.8, 4) is 0 Å². The summed E-state index contributed by atoms with van der Waals surface area (Å²) in [5.41, 5.74) is 4.70. The van der Waals surface area contributed by atoms with Gasteiger partial charge in [0.05, 0.1) is 11.4 Å². The SMILES string of the molecule is FC(F)(F)CN1ONc2c(C3CCOCC3)cccc21. The molecule has 1 N–H and O–H groups in total. The summed E-state index contributed by atoms with van der Waals surface area (Å²) >= 11 is 0. The lowest BCUT2D eigenvalue weighted by Gasteiger charge is -2.23. The molecule has 0 aliphatic carbocycles. The molecule has 2 aliphatic rings. The molecule has 2 aliphatic heterocycles. The molecule has 2 heterocycles. The summed E-state index contributed by atoms with van der Waals surface area (Å²) in [7, 11) is 0. The molecule has 1 aromatic carbocycles. The highest BCUT2D eigenvalue weighted by Gasteiger charge is 2.36. The average molecular weight is 288 g/mol. The van der Waals surface area contributed by atoms with Gasteiger partial charge in [-0.15, -0.1) is 0 Å². The van der Waals surface area contributed by atoms with Gasteiger partial charge in [-0.1, -0.05) is 12.1 Å². The first-order valence-electron chi connectivity index (χ1n) is 6.52. The Morgan fingerprint density at radius 3 is 2.70 bits per heavy atom. The second-order valence-corrected chi connectivity index (χ2v) is 4.97. The summed E-state index contributed by atoms with van der Waals surface area (Å²) in [6.07, 6.45) is -2.56. The van der Waals surface area contributed by atoms with Crippen LogP contribution in [0.3, 0.4) is 0 Å². The molecule has 1 aromatic rings. The number of nitrogens with one attached hydrogen (secondary N) is 1. The van der Waals surface area contributed by atoms with Crippen molar-refractivity contribution < 1.29 is 22.8 Å². The van der Waals surface area contributed by atoms with E-state index in [2.05, 4.69) is 5.48 Å². The van der Waals surface area contributed by atoms with E-state index in [4.69, 9.17) is 9.68 Å². The van der Waals surface area contributed by atoms with Crippen molar-refractivity contribution in [1.82, 2.24) is 0 Å². The van der Waals surface area contributed by atoms with Crippen LogP contribution in [0, 0.1) is 0 Å². The molecule has 7 heteroatoms. The van der Waals surface area contributed by atoms with Gasteiger partial charge in [-0.05, 0) is 30.4 Å². The lowest BCUT2D eigenvalue weighted by molar-refractivity contribution is -0.130. The summed E-state index contributed by atoms with van der Waals surface area (Å²) in [5, 5.41) is 0.845. The van der Waals surface area contributed by atoms with Crippen LogP contribution >= 0.6 is 0 Å². The molecule has 0 amide bonds. The second-order valence-electron chi connectivity index (χ2n) is 4.97. The molecule has 0 radical (unpaired) electrons. The van der Waals surface area contributed by atoms with Crippen molar-refractivity contribution in [2.24, 2.45) is 0 Å².